The van der Waals surface area contributed by atoms with Gasteiger partial charge in [-0.1, -0.05) is 30.0 Å². The first-order valence-corrected chi connectivity index (χ1v) is 6.38. The van der Waals surface area contributed by atoms with Crippen molar-refractivity contribution < 1.29 is 4.68 Å². The van der Waals surface area contributed by atoms with Crippen molar-refractivity contribution in [2.24, 2.45) is 7.05 Å². The molecule has 0 saturated carbocycles. The first-order chi connectivity index (χ1) is 7.68. The van der Waals surface area contributed by atoms with Crippen molar-refractivity contribution in [3.8, 4) is 0 Å². The van der Waals surface area contributed by atoms with Crippen molar-refractivity contribution in [1.29, 1.82) is 0 Å². The topological polar surface area (TPSA) is 8.81 Å². The Kier molecular flexibility index (Phi) is 3.34. The Hall–Kier alpha value is -1.22. The Morgan fingerprint density at radius 3 is 2.44 bits per heavy atom. The van der Waals surface area contributed by atoms with Crippen LogP contribution in [0.2, 0.25) is 0 Å². The van der Waals surface area contributed by atoms with Crippen LogP contribution in [0.3, 0.4) is 0 Å². The van der Waals surface area contributed by atoms with Gasteiger partial charge in [-0.05, 0) is 19.1 Å². The molecule has 2 nitrogen and oxygen atoms in total. The largest absolute Gasteiger partial charge is 0.204 e. The molecule has 2 rings (SSSR count). The molecular formula is C13H17N2S+. The van der Waals surface area contributed by atoms with Gasteiger partial charge in [0.05, 0.1) is 5.69 Å². The second-order valence-corrected chi connectivity index (χ2v) is 4.96. The van der Waals surface area contributed by atoms with E-state index in [1.54, 1.807) is 0 Å². The molecule has 0 aliphatic heterocycles. The van der Waals surface area contributed by atoms with Gasteiger partial charge in [-0.2, -0.15) is 0 Å². The second kappa shape index (κ2) is 4.74. The predicted octanol–water partition coefficient (Wildman–Crippen LogP) is 2.68. The van der Waals surface area contributed by atoms with Gasteiger partial charge >= 0.3 is 0 Å². The highest BCUT2D eigenvalue weighted by atomic mass is 32.2. The van der Waals surface area contributed by atoms with Crippen LogP contribution >= 0.6 is 11.8 Å². The van der Waals surface area contributed by atoms with Crippen molar-refractivity contribution in [3.05, 3.63) is 47.8 Å². The Labute approximate surface area is 101 Å². The lowest BCUT2D eigenvalue weighted by molar-refractivity contribution is -0.757. The van der Waals surface area contributed by atoms with Crippen molar-refractivity contribution in [2.45, 2.75) is 24.6 Å². The zero-order valence-corrected chi connectivity index (χ0v) is 10.8. The zero-order valence-electron chi connectivity index (χ0n) is 9.97. The third kappa shape index (κ3) is 2.30. The third-order valence-electron chi connectivity index (χ3n) is 2.79. The number of thioether (sulfide) groups is 1. The van der Waals surface area contributed by atoms with Crippen LogP contribution in [0, 0.1) is 13.8 Å². The molecule has 2 aromatic rings. The summed E-state index contributed by atoms with van der Waals surface area (Å²) in [4.78, 5) is 1.31. The van der Waals surface area contributed by atoms with Gasteiger partial charge in [0, 0.05) is 17.9 Å². The summed E-state index contributed by atoms with van der Waals surface area (Å²) in [6, 6.07) is 12.7. The number of aryl methyl sites for hydroxylation is 2. The summed E-state index contributed by atoms with van der Waals surface area (Å²) in [7, 11) is 2.11. The molecule has 1 aromatic carbocycles. The fourth-order valence-electron chi connectivity index (χ4n) is 1.74. The van der Waals surface area contributed by atoms with Crippen LogP contribution in [0.4, 0.5) is 0 Å². The number of benzene rings is 1. The minimum Gasteiger partial charge on any atom is -0.148 e. The van der Waals surface area contributed by atoms with Crippen LogP contribution in [0.5, 0.6) is 0 Å². The van der Waals surface area contributed by atoms with Gasteiger partial charge in [0.2, 0.25) is 5.69 Å². The van der Waals surface area contributed by atoms with Crippen LogP contribution in [-0.2, 0) is 12.9 Å². The average Bonchev–Trinajstić information content (AvgIpc) is 2.53. The highest BCUT2D eigenvalue weighted by Gasteiger charge is 2.12. The van der Waals surface area contributed by atoms with E-state index in [9.17, 15) is 0 Å². The number of nitrogens with zero attached hydrogens (tertiary/aromatic N) is 2. The molecule has 0 aliphatic carbocycles. The molecule has 0 atom stereocenters. The fraction of sp³-hybridized carbons (Fsp3) is 0.308. The molecule has 0 unspecified atom stereocenters. The van der Waals surface area contributed by atoms with Crippen LogP contribution < -0.4 is 4.68 Å². The minimum atomic E-state index is 0.959. The smallest absolute Gasteiger partial charge is 0.148 e. The number of hydrogen-bond donors (Lipinski definition) is 0. The van der Waals surface area contributed by atoms with E-state index in [0.29, 0.717) is 0 Å². The normalized spacial score (nSPS) is 10.7. The number of hydrogen-bond acceptors (Lipinski definition) is 1. The lowest BCUT2D eigenvalue weighted by atomic mass is 10.4. The van der Waals surface area contributed by atoms with E-state index in [0.717, 1.165) is 5.88 Å². The molecule has 1 aromatic heterocycles. The maximum absolute atomic E-state index is 2.28. The van der Waals surface area contributed by atoms with Crippen LogP contribution in [-0.4, -0.2) is 4.68 Å². The lowest BCUT2D eigenvalue weighted by Gasteiger charge is -2.03. The van der Waals surface area contributed by atoms with E-state index >= 15 is 0 Å². The minimum absolute atomic E-state index is 0.959. The van der Waals surface area contributed by atoms with E-state index < -0.39 is 0 Å². The molecule has 0 aliphatic rings. The van der Waals surface area contributed by atoms with E-state index in [1.165, 1.54) is 16.3 Å². The Balaban J connectivity index is 2.11. The van der Waals surface area contributed by atoms with Gasteiger partial charge in [-0.3, -0.25) is 0 Å². The average molecular weight is 233 g/mol. The molecule has 3 heteroatoms. The summed E-state index contributed by atoms with van der Waals surface area (Å²) in [5, 5.41) is 0. The molecular weight excluding hydrogens is 216 g/mol. The van der Waals surface area contributed by atoms with Crippen molar-refractivity contribution >= 4 is 11.8 Å². The maximum atomic E-state index is 2.28. The molecule has 0 amide bonds. The summed E-state index contributed by atoms with van der Waals surface area (Å²) < 4.78 is 4.48. The van der Waals surface area contributed by atoms with Crippen molar-refractivity contribution in [2.75, 3.05) is 0 Å². The number of aromatic nitrogens is 2. The van der Waals surface area contributed by atoms with Crippen LogP contribution in [0.1, 0.15) is 11.4 Å². The SMILES string of the molecule is Cc1cc(C)[n+](C)n1CSc1ccccc1. The van der Waals surface area contributed by atoms with Gasteiger partial charge in [0.15, 0.2) is 7.05 Å². The summed E-state index contributed by atoms with van der Waals surface area (Å²) in [5.41, 5.74) is 2.61. The monoisotopic (exact) mass is 233 g/mol. The molecule has 16 heavy (non-hydrogen) atoms. The maximum Gasteiger partial charge on any atom is 0.204 e. The summed E-state index contributed by atoms with van der Waals surface area (Å²) >= 11 is 1.86. The molecule has 1 heterocycles. The van der Waals surface area contributed by atoms with E-state index in [-0.39, 0.29) is 0 Å². The highest BCUT2D eigenvalue weighted by molar-refractivity contribution is 7.98. The molecule has 0 fully saturated rings. The highest BCUT2D eigenvalue weighted by Crippen LogP contribution is 2.19. The van der Waals surface area contributed by atoms with Crippen molar-refractivity contribution in [3.63, 3.8) is 0 Å². The molecule has 0 saturated heterocycles. The Bertz CT molecular complexity index is 474. The first kappa shape index (κ1) is 11.3. The Morgan fingerprint density at radius 1 is 1.19 bits per heavy atom. The molecule has 0 radical (unpaired) electrons. The van der Waals surface area contributed by atoms with Gasteiger partial charge in [-0.15, -0.1) is 9.36 Å². The summed E-state index contributed by atoms with van der Waals surface area (Å²) in [5.74, 6) is 0.959. The van der Waals surface area contributed by atoms with Crippen LogP contribution in [0.15, 0.2) is 41.3 Å². The number of rotatable bonds is 3. The van der Waals surface area contributed by atoms with Gasteiger partial charge in [0.25, 0.3) is 0 Å². The van der Waals surface area contributed by atoms with Gasteiger partial charge in [0.1, 0.15) is 5.88 Å². The molecule has 0 bridgehead atoms. The van der Waals surface area contributed by atoms with Crippen molar-refractivity contribution in [1.82, 2.24) is 4.68 Å². The quantitative estimate of drug-likeness (QED) is 0.585. The predicted molar refractivity (Wildman–Crippen MR) is 67.4 cm³/mol. The van der Waals surface area contributed by atoms with Gasteiger partial charge in [-0.25, -0.2) is 0 Å². The second-order valence-electron chi connectivity index (χ2n) is 3.94. The molecule has 0 N–H and O–H groups in total. The molecule has 84 valence electrons. The summed E-state index contributed by atoms with van der Waals surface area (Å²) in [6.07, 6.45) is 0. The van der Waals surface area contributed by atoms with Gasteiger partial charge < -0.3 is 0 Å². The third-order valence-corrected chi connectivity index (χ3v) is 3.77. The zero-order chi connectivity index (χ0) is 11.5. The standard InChI is InChI=1S/C13H17N2S/c1-11-9-12(2)15(14(11)3)10-16-13-7-5-4-6-8-13/h4-9H,10H2,1-3H3/q+1. The van der Waals surface area contributed by atoms with E-state index in [1.807, 2.05) is 11.8 Å². The molecule has 0 spiro atoms. The Morgan fingerprint density at radius 2 is 1.88 bits per heavy atom. The van der Waals surface area contributed by atoms with E-state index in [2.05, 4.69) is 66.7 Å². The van der Waals surface area contributed by atoms with E-state index in [4.69, 9.17) is 0 Å². The lowest BCUT2D eigenvalue weighted by Crippen LogP contribution is -2.41. The summed E-state index contributed by atoms with van der Waals surface area (Å²) in [6.45, 7) is 4.29. The first-order valence-electron chi connectivity index (χ1n) is 5.39. The fourth-order valence-corrected chi connectivity index (χ4v) is 2.74. The van der Waals surface area contributed by atoms with Crippen LogP contribution in [0.25, 0.3) is 0 Å².